The van der Waals surface area contributed by atoms with E-state index in [2.05, 4.69) is 47.4 Å². The average Bonchev–Trinajstić information content (AvgIpc) is 2.69. The number of aromatic nitrogens is 3. The van der Waals surface area contributed by atoms with Crippen LogP contribution in [0.3, 0.4) is 0 Å². The highest BCUT2D eigenvalue weighted by Crippen LogP contribution is 2.30. The average molecular weight is 242 g/mol. The number of nitrogens with zero attached hydrogens (tertiary/aromatic N) is 3. The van der Waals surface area contributed by atoms with Gasteiger partial charge in [-0.15, -0.1) is 0 Å². The van der Waals surface area contributed by atoms with Crippen molar-refractivity contribution < 1.29 is 0 Å². The molecule has 1 unspecified atom stereocenters. The molecule has 0 aliphatic carbocycles. The Bertz CT molecular complexity index is 585. The summed E-state index contributed by atoms with van der Waals surface area (Å²) in [6, 6.07) is 6.94. The summed E-state index contributed by atoms with van der Waals surface area (Å²) in [5.74, 6) is 1.72. The molecule has 0 amide bonds. The van der Waals surface area contributed by atoms with E-state index >= 15 is 0 Å². The first-order valence-electron chi connectivity index (χ1n) is 6.39. The Hall–Kier alpha value is -1.84. The van der Waals surface area contributed by atoms with Gasteiger partial charge in [0.2, 0.25) is 5.95 Å². The highest BCUT2D eigenvalue weighted by Gasteiger charge is 2.24. The molecule has 0 saturated carbocycles. The summed E-state index contributed by atoms with van der Waals surface area (Å²) in [5, 5.41) is 7.82. The van der Waals surface area contributed by atoms with Crippen LogP contribution in [0, 0.1) is 20.8 Å². The molecule has 18 heavy (non-hydrogen) atoms. The van der Waals surface area contributed by atoms with Crippen LogP contribution in [0.2, 0.25) is 0 Å². The molecule has 1 aliphatic rings. The summed E-state index contributed by atoms with van der Waals surface area (Å²) < 4.78 is 2.02. The van der Waals surface area contributed by atoms with E-state index in [0.717, 1.165) is 24.7 Å². The van der Waals surface area contributed by atoms with E-state index in [1.54, 1.807) is 0 Å². The van der Waals surface area contributed by atoms with Crippen LogP contribution in [0.15, 0.2) is 18.2 Å². The number of hydrogen-bond acceptors (Lipinski definition) is 3. The van der Waals surface area contributed by atoms with Crippen molar-refractivity contribution in [2.24, 2.45) is 0 Å². The third kappa shape index (κ3) is 1.78. The molecule has 4 heteroatoms. The van der Waals surface area contributed by atoms with Crippen LogP contribution in [0.4, 0.5) is 5.95 Å². The molecular weight excluding hydrogens is 224 g/mol. The molecule has 2 aromatic rings. The predicted molar refractivity (Wildman–Crippen MR) is 71.9 cm³/mol. The maximum absolute atomic E-state index is 4.52. The van der Waals surface area contributed by atoms with Gasteiger partial charge < -0.3 is 5.32 Å². The lowest BCUT2D eigenvalue weighted by Crippen LogP contribution is -2.25. The first kappa shape index (κ1) is 11.3. The van der Waals surface area contributed by atoms with Gasteiger partial charge >= 0.3 is 0 Å². The highest BCUT2D eigenvalue weighted by molar-refractivity contribution is 5.37. The van der Waals surface area contributed by atoms with Crippen LogP contribution in [-0.4, -0.2) is 21.3 Å². The number of rotatable bonds is 1. The van der Waals surface area contributed by atoms with Gasteiger partial charge in [0.15, 0.2) is 0 Å². The standard InChI is InChI=1S/C14H18N4/c1-9-4-5-12(10(2)8-9)13-6-7-15-14-16-11(3)17-18(13)14/h4-5,8,13H,6-7H2,1-3H3,(H,15,16,17). The third-order valence-electron chi connectivity index (χ3n) is 3.52. The molecule has 1 aliphatic heterocycles. The predicted octanol–water partition coefficient (Wildman–Crippen LogP) is 2.61. The number of hydrogen-bond donors (Lipinski definition) is 1. The molecular formula is C14H18N4. The molecule has 0 spiro atoms. The fourth-order valence-electron chi connectivity index (χ4n) is 2.70. The Morgan fingerprint density at radius 2 is 2.11 bits per heavy atom. The van der Waals surface area contributed by atoms with E-state index in [0.29, 0.717) is 6.04 Å². The van der Waals surface area contributed by atoms with E-state index < -0.39 is 0 Å². The van der Waals surface area contributed by atoms with Gasteiger partial charge in [-0.05, 0) is 38.3 Å². The van der Waals surface area contributed by atoms with Crippen LogP contribution in [0.5, 0.6) is 0 Å². The summed E-state index contributed by atoms with van der Waals surface area (Å²) in [6.07, 6.45) is 1.06. The molecule has 94 valence electrons. The lowest BCUT2D eigenvalue weighted by atomic mass is 9.96. The number of benzene rings is 1. The maximum atomic E-state index is 4.52. The number of nitrogens with one attached hydrogen (secondary N) is 1. The number of fused-ring (bicyclic) bond motifs is 1. The summed E-state index contributed by atoms with van der Waals surface area (Å²) in [7, 11) is 0. The van der Waals surface area contributed by atoms with Crippen molar-refractivity contribution in [3.8, 4) is 0 Å². The normalized spacial score (nSPS) is 18.3. The Kier molecular flexibility index (Phi) is 2.58. The van der Waals surface area contributed by atoms with Crippen molar-refractivity contribution >= 4 is 5.95 Å². The van der Waals surface area contributed by atoms with Crippen molar-refractivity contribution in [2.45, 2.75) is 33.2 Å². The molecule has 1 N–H and O–H groups in total. The highest BCUT2D eigenvalue weighted by atomic mass is 15.4. The minimum absolute atomic E-state index is 0.308. The van der Waals surface area contributed by atoms with Gasteiger partial charge in [0.1, 0.15) is 5.82 Å². The lowest BCUT2D eigenvalue weighted by molar-refractivity contribution is 0.476. The van der Waals surface area contributed by atoms with Crippen molar-refractivity contribution in [3.63, 3.8) is 0 Å². The van der Waals surface area contributed by atoms with Crippen molar-refractivity contribution in [1.29, 1.82) is 0 Å². The van der Waals surface area contributed by atoms with Crippen LogP contribution in [0.25, 0.3) is 0 Å². The molecule has 1 aromatic carbocycles. The lowest BCUT2D eigenvalue weighted by Gasteiger charge is -2.26. The van der Waals surface area contributed by atoms with Gasteiger partial charge in [-0.3, -0.25) is 0 Å². The van der Waals surface area contributed by atoms with Gasteiger partial charge in [-0.25, -0.2) is 4.68 Å². The minimum Gasteiger partial charge on any atom is -0.354 e. The second-order valence-electron chi connectivity index (χ2n) is 5.02. The monoisotopic (exact) mass is 242 g/mol. The van der Waals surface area contributed by atoms with Crippen molar-refractivity contribution in [3.05, 3.63) is 40.7 Å². The molecule has 1 atom stereocenters. The van der Waals surface area contributed by atoms with Gasteiger partial charge in [0.25, 0.3) is 0 Å². The second kappa shape index (κ2) is 4.12. The maximum Gasteiger partial charge on any atom is 0.221 e. The van der Waals surface area contributed by atoms with Gasteiger partial charge in [0.05, 0.1) is 6.04 Å². The smallest absolute Gasteiger partial charge is 0.221 e. The van der Waals surface area contributed by atoms with Crippen LogP contribution in [0.1, 0.15) is 35.0 Å². The Labute approximate surface area is 107 Å². The largest absolute Gasteiger partial charge is 0.354 e. The zero-order valence-corrected chi connectivity index (χ0v) is 11.1. The zero-order chi connectivity index (χ0) is 12.7. The molecule has 0 bridgehead atoms. The van der Waals surface area contributed by atoms with E-state index in [1.807, 2.05) is 11.6 Å². The Morgan fingerprint density at radius 3 is 2.89 bits per heavy atom. The molecule has 1 aromatic heterocycles. The Morgan fingerprint density at radius 1 is 1.28 bits per heavy atom. The minimum atomic E-state index is 0.308. The van der Waals surface area contributed by atoms with Gasteiger partial charge in [-0.1, -0.05) is 23.8 Å². The summed E-state index contributed by atoms with van der Waals surface area (Å²) in [6.45, 7) is 7.19. The fraction of sp³-hybridized carbons (Fsp3) is 0.429. The molecule has 0 saturated heterocycles. The zero-order valence-electron chi connectivity index (χ0n) is 11.1. The summed E-state index contributed by atoms with van der Waals surface area (Å²) in [5.41, 5.74) is 3.99. The van der Waals surface area contributed by atoms with E-state index in [4.69, 9.17) is 0 Å². The van der Waals surface area contributed by atoms with Crippen LogP contribution in [-0.2, 0) is 0 Å². The van der Waals surface area contributed by atoms with Crippen LogP contribution < -0.4 is 5.32 Å². The van der Waals surface area contributed by atoms with E-state index in [9.17, 15) is 0 Å². The van der Waals surface area contributed by atoms with E-state index in [-0.39, 0.29) is 0 Å². The second-order valence-corrected chi connectivity index (χ2v) is 5.02. The number of anilines is 1. The topological polar surface area (TPSA) is 42.7 Å². The van der Waals surface area contributed by atoms with Crippen molar-refractivity contribution in [1.82, 2.24) is 14.8 Å². The summed E-state index contributed by atoms with van der Waals surface area (Å²) in [4.78, 5) is 4.41. The fourth-order valence-corrected chi connectivity index (χ4v) is 2.70. The Balaban J connectivity index is 2.07. The SMILES string of the molecule is Cc1ccc(C2CCNc3nc(C)nn32)c(C)c1. The first-order valence-corrected chi connectivity index (χ1v) is 6.39. The molecule has 4 nitrogen and oxygen atoms in total. The summed E-state index contributed by atoms with van der Waals surface area (Å²) >= 11 is 0. The third-order valence-corrected chi connectivity index (χ3v) is 3.52. The van der Waals surface area contributed by atoms with E-state index in [1.165, 1.54) is 16.7 Å². The van der Waals surface area contributed by atoms with Gasteiger partial charge in [0, 0.05) is 6.54 Å². The quantitative estimate of drug-likeness (QED) is 0.836. The molecule has 3 rings (SSSR count). The van der Waals surface area contributed by atoms with Crippen molar-refractivity contribution in [2.75, 3.05) is 11.9 Å². The molecule has 2 heterocycles. The molecule has 0 radical (unpaired) electrons. The van der Waals surface area contributed by atoms with Gasteiger partial charge in [-0.2, -0.15) is 10.1 Å². The molecule has 0 fully saturated rings. The van der Waals surface area contributed by atoms with Crippen LogP contribution >= 0.6 is 0 Å². The number of aryl methyl sites for hydroxylation is 3. The first-order chi connectivity index (χ1) is 8.65.